The lowest BCUT2D eigenvalue weighted by Crippen LogP contribution is -2.57. The Labute approximate surface area is 403 Å². The molecule has 17 heteroatoms. The number of carbonyl (C=O) groups is 1. The molecule has 3 saturated heterocycles. The number of nitro groups is 1. The van der Waals surface area contributed by atoms with E-state index >= 15 is 0 Å². The Hall–Kier alpha value is -5.75. The first-order valence-electron chi connectivity index (χ1n) is 24.7. The zero-order chi connectivity index (χ0) is 47.8. The molecule has 1 amide bonds. The van der Waals surface area contributed by atoms with Gasteiger partial charge in [0.1, 0.15) is 23.1 Å². The number of piperidine rings is 1. The second-order valence-electron chi connectivity index (χ2n) is 21.1. The van der Waals surface area contributed by atoms with Crippen LogP contribution in [-0.4, -0.2) is 102 Å². The van der Waals surface area contributed by atoms with Gasteiger partial charge in [-0.25, -0.2) is 13.1 Å². The van der Waals surface area contributed by atoms with E-state index in [9.17, 15) is 28.4 Å². The molecule has 2 aliphatic carbocycles. The van der Waals surface area contributed by atoms with Gasteiger partial charge in [-0.1, -0.05) is 24.3 Å². The fourth-order valence-electron chi connectivity index (χ4n) is 12.6. The van der Waals surface area contributed by atoms with Gasteiger partial charge in [-0.2, -0.15) is 4.98 Å². The lowest BCUT2D eigenvalue weighted by Gasteiger charge is -2.57. The number of amides is 1. The number of aliphatic hydroxyl groups is 1. The van der Waals surface area contributed by atoms with Gasteiger partial charge in [0.25, 0.3) is 21.6 Å². The van der Waals surface area contributed by atoms with Crippen LogP contribution in [0.25, 0.3) is 11.0 Å². The highest BCUT2D eigenvalue weighted by atomic mass is 32.2. The molecule has 4 N–H and O–H groups in total. The summed E-state index contributed by atoms with van der Waals surface area (Å²) in [7, 11) is -4.61. The summed E-state index contributed by atoms with van der Waals surface area (Å²) in [4.78, 5) is 41.2. The maximum absolute atomic E-state index is 14.7. The molecule has 0 unspecified atom stereocenters. The first kappa shape index (κ1) is 45.7. The third-order valence-corrected chi connectivity index (χ3v) is 17.7. The minimum Gasteiger partial charge on any atom is -0.468 e. The number of nitrogens with one attached hydrogen (secondary N) is 3. The minimum absolute atomic E-state index is 0.103. The van der Waals surface area contributed by atoms with E-state index in [1.165, 1.54) is 48.9 Å². The number of ether oxygens (including phenoxy) is 2. The number of hydrogen-bond acceptors (Lipinski definition) is 13. The predicted octanol–water partition coefficient (Wildman–Crippen LogP) is 8.52. The first-order chi connectivity index (χ1) is 33.1. The number of pyridine rings is 1. The average Bonchev–Trinajstić information content (AvgIpc) is 4.10. The van der Waals surface area contributed by atoms with E-state index in [-0.39, 0.29) is 34.7 Å². The van der Waals surface area contributed by atoms with Gasteiger partial charge in [-0.05, 0) is 156 Å². The van der Waals surface area contributed by atoms with Crippen molar-refractivity contribution in [2.24, 2.45) is 11.3 Å². The van der Waals surface area contributed by atoms with E-state index in [1.54, 1.807) is 12.3 Å². The molecule has 0 bridgehead atoms. The van der Waals surface area contributed by atoms with Crippen LogP contribution in [0.5, 0.6) is 5.88 Å². The zero-order valence-electron chi connectivity index (χ0n) is 39.5. The lowest BCUT2D eigenvalue weighted by molar-refractivity contribution is -0.384. The van der Waals surface area contributed by atoms with Crippen LogP contribution in [0.15, 0.2) is 83.9 Å². The topological polar surface area (TPSA) is 196 Å². The number of sulfonamides is 1. The highest BCUT2D eigenvalue weighted by Gasteiger charge is 2.52. The number of fused-ring (bicyclic) bond motifs is 3. The largest absolute Gasteiger partial charge is 0.468 e. The molecular weight excluding hydrogens is 897 g/mol. The molecule has 4 atom stereocenters. The van der Waals surface area contributed by atoms with Crippen molar-refractivity contribution in [2.75, 3.05) is 48.0 Å². The molecule has 2 aromatic heterocycles. The van der Waals surface area contributed by atoms with Crippen LogP contribution in [0.2, 0.25) is 0 Å². The monoisotopic (exact) mass is 958 g/mol. The van der Waals surface area contributed by atoms with Gasteiger partial charge in [0.05, 0.1) is 45.9 Å². The van der Waals surface area contributed by atoms with Crippen molar-refractivity contribution in [2.45, 2.75) is 126 Å². The number of H-pyrrole nitrogens is 1. The number of carbonyl (C=O) groups excluding carboxylic acids is 1. The van der Waals surface area contributed by atoms with Crippen LogP contribution in [0.1, 0.15) is 106 Å². The average molecular weight is 959 g/mol. The Kier molecular flexibility index (Phi) is 11.6. The normalized spacial score (nSPS) is 29.0. The molecule has 4 aliphatic heterocycles. The number of nitrogens with zero attached hydrogens (tertiary/aromatic N) is 5. The Morgan fingerprint density at radius 2 is 1.80 bits per heavy atom. The van der Waals surface area contributed by atoms with Gasteiger partial charge >= 0.3 is 0 Å². The van der Waals surface area contributed by atoms with Crippen LogP contribution in [-0.2, 0) is 14.8 Å². The van der Waals surface area contributed by atoms with Crippen LogP contribution >= 0.6 is 0 Å². The summed E-state index contributed by atoms with van der Waals surface area (Å²) in [5.41, 5.74) is 4.91. The number of anilines is 4. The van der Waals surface area contributed by atoms with Crippen molar-refractivity contribution in [3.8, 4) is 5.88 Å². The van der Waals surface area contributed by atoms with E-state index in [0.29, 0.717) is 67.6 Å². The highest BCUT2D eigenvalue weighted by molar-refractivity contribution is 7.90. The molecule has 6 aliphatic rings. The molecule has 16 nitrogen and oxygen atoms in total. The van der Waals surface area contributed by atoms with Crippen LogP contribution in [0, 0.1) is 28.4 Å². The van der Waals surface area contributed by atoms with Gasteiger partial charge in [-0.3, -0.25) is 19.8 Å². The van der Waals surface area contributed by atoms with Gasteiger partial charge in [0.15, 0.2) is 0 Å². The number of hydrogen-bond donors (Lipinski definition) is 4. The number of nitro benzene ring substituents is 1. The molecule has 11 rings (SSSR count). The van der Waals surface area contributed by atoms with Crippen molar-refractivity contribution >= 4 is 55.4 Å². The smallest absolute Gasteiger partial charge is 0.293 e. The van der Waals surface area contributed by atoms with Crippen LogP contribution < -0.4 is 24.6 Å². The Balaban J connectivity index is 0.874. The quantitative estimate of drug-likeness (QED) is 0.0727. The Morgan fingerprint density at radius 3 is 2.58 bits per heavy atom. The third kappa shape index (κ3) is 8.58. The second-order valence-corrected chi connectivity index (χ2v) is 22.7. The second kappa shape index (κ2) is 17.6. The number of aromatic amines is 1. The maximum Gasteiger partial charge on any atom is 0.293 e. The van der Waals surface area contributed by atoms with Crippen LogP contribution in [0.4, 0.5) is 28.4 Å². The minimum atomic E-state index is -4.61. The molecule has 364 valence electrons. The molecule has 3 aromatic carbocycles. The van der Waals surface area contributed by atoms with Gasteiger partial charge in [-0.15, -0.1) is 0 Å². The standard InChI is InChI=1S/C52H62N8O8S/c1-32-7-4-5-8-39(32)42-9-6-21-58(42)37-27-52(28-37)19-22-57(33(2)26-52)36-10-12-40(43(24-36)59-45-23-35-16-20-53-48(35)55-50(45)68-47-31-67-30-46(47)59)49(61)56-69(65,66)38-11-13-41(44(25-38)60(63)64)54-29-34-14-17-51(3,62)18-15-34/h4-5,7-8,10-13,16,20,23-25,33-34,37,42,46-47,54,62H,6,9,14-15,17-19,21-22,26-31H2,1-3H3,(H,53,55)(H,56,61)/t33-,34-,37?,42-,46+,47+,51-,52?/m0/s1. The first-order valence-corrected chi connectivity index (χ1v) is 26.2. The van der Waals surface area contributed by atoms with Crippen molar-refractivity contribution in [1.29, 1.82) is 0 Å². The summed E-state index contributed by atoms with van der Waals surface area (Å²) in [5, 5.41) is 26.7. The molecule has 6 heterocycles. The van der Waals surface area contributed by atoms with Crippen molar-refractivity contribution in [1.82, 2.24) is 19.6 Å². The summed E-state index contributed by atoms with van der Waals surface area (Å²) in [5.74, 6) is -0.315. The number of benzene rings is 3. The lowest BCUT2D eigenvalue weighted by atomic mass is 9.58. The van der Waals surface area contributed by atoms with E-state index in [2.05, 4.69) is 62.9 Å². The fourth-order valence-corrected chi connectivity index (χ4v) is 13.6. The van der Waals surface area contributed by atoms with E-state index in [0.717, 1.165) is 55.9 Å². The van der Waals surface area contributed by atoms with Gasteiger partial charge < -0.3 is 34.7 Å². The molecule has 5 fully saturated rings. The third-order valence-electron chi connectivity index (χ3n) is 16.4. The highest BCUT2D eigenvalue weighted by Crippen LogP contribution is 2.56. The molecular formula is C52H62N8O8S. The van der Waals surface area contributed by atoms with E-state index in [4.69, 9.17) is 14.5 Å². The Bertz CT molecular complexity index is 2910. The zero-order valence-corrected chi connectivity index (χ0v) is 40.3. The molecule has 69 heavy (non-hydrogen) atoms. The van der Waals surface area contributed by atoms with Crippen molar-refractivity contribution in [3.05, 3.63) is 106 Å². The van der Waals surface area contributed by atoms with Gasteiger partial charge in [0.2, 0.25) is 5.88 Å². The molecule has 2 saturated carbocycles. The summed E-state index contributed by atoms with van der Waals surface area (Å²) in [6.45, 7) is 9.36. The van der Waals surface area contributed by atoms with Crippen molar-refractivity contribution in [3.63, 3.8) is 0 Å². The van der Waals surface area contributed by atoms with E-state index < -0.39 is 43.1 Å². The van der Waals surface area contributed by atoms with E-state index in [1.807, 2.05) is 36.1 Å². The molecule has 0 radical (unpaired) electrons. The number of rotatable bonds is 11. The summed E-state index contributed by atoms with van der Waals surface area (Å²) in [6.07, 6.45) is 11.1. The number of likely N-dealkylation sites (tertiary alicyclic amines) is 1. The predicted molar refractivity (Wildman–Crippen MR) is 264 cm³/mol. The summed E-state index contributed by atoms with van der Waals surface area (Å²) >= 11 is 0. The molecule has 5 aromatic rings. The SMILES string of the molecule is Cc1ccccc1[C@@H]1CCCN1C1CC2(CCN(c3ccc(C(=O)NS(=O)(=O)c4ccc(NC[C@H]5CC[C@](C)(O)CC5)c([N+](=O)[O-])c4)c(N4c5cc6cc[nH]c6nc5O[C@@H]5COC[C@H]54)c3)[C@@H](C)C2)C1. The fraction of sp³-hybridized carbons (Fsp3) is 0.500. The maximum atomic E-state index is 14.7. The van der Waals surface area contributed by atoms with Gasteiger partial charge in [0, 0.05) is 54.6 Å². The summed E-state index contributed by atoms with van der Waals surface area (Å²) in [6, 6.07) is 22.8. The number of aryl methyl sites for hydroxylation is 1. The van der Waals surface area contributed by atoms with Crippen molar-refractivity contribution < 1.29 is 32.7 Å². The van der Waals surface area contributed by atoms with Crippen LogP contribution in [0.3, 0.4) is 0 Å². The molecule has 1 spiro atoms. The number of aromatic nitrogens is 2. The Morgan fingerprint density at radius 1 is 0.986 bits per heavy atom. The summed E-state index contributed by atoms with van der Waals surface area (Å²) < 4.78 is 43.0.